The number of ether oxygens (including phenoxy) is 1. The van der Waals surface area contributed by atoms with Gasteiger partial charge < -0.3 is 9.64 Å². The van der Waals surface area contributed by atoms with Crippen LogP contribution in [0.2, 0.25) is 0 Å². The van der Waals surface area contributed by atoms with Gasteiger partial charge in [0.15, 0.2) is 0 Å². The maximum absolute atomic E-state index is 12.5. The van der Waals surface area contributed by atoms with Crippen molar-refractivity contribution in [2.45, 2.75) is 59.6 Å². The summed E-state index contributed by atoms with van der Waals surface area (Å²) in [6, 6.07) is 2.15. The molecule has 2 heterocycles. The zero-order valence-electron chi connectivity index (χ0n) is 15.4. The molecule has 0 spiro atoms. The lowest BCUT2D eigenvalue weighted by Gasteiger charge is -2.47. The van der Waals surface area contributed by atoms with Crippen LogP contribution < -0.4 is 4.90 Å². The van der Waals surface area contributed by atoms with E-state index in [1.165, 1.54) is 5.56 Å². The standard InChI is InChI=1S/C18H29N3O2/c1-13-10-14(2)15(19-11-13)20-8-9-21(18(6,7)12-20)16(22)23-17(3,4)5/h10-11H,8-9,12H2,1-7H3. The molecule has 0 aliphatic carbocycles. The highest BCUT2D eigenvalue weighted by Crippen LogP contribution is 2.28. The van der Waals surface area contributed by atoms with Gasteiger partial charge in [0.1, 0.15) is 11.4 Å². The molecule has 5 heteroatoms. The van der Waals surface area contributed by atoms with Crippen molar-refractivity contribution in [1.82, 2.24) is 9.88 Å². The Hall–Kier alpha value is -1.78. The third kappa shape index (κ3) is 4.15. The van der Waals surface area contributed by atoms with Crippen LogP contribution in [0.4, 0.5) is 10.6 Å². The largest absolute Gasteiger partial charge is 0.444 e. The van der Waals surface area contributed by atoms with Crippen LogP contribution in [0.5, 0.6) is 0 Å². The molecule has 0 N–H and O–H groups in total. The molecule has 1 saturated heterocycles. The number of aryl methyl sites for hydroxylation is 2. The zero-order chi connectivity index (χ0) is 17.4. The van der Waals surface area contributed by atoms with E-state index in [0.29, 0.717) is 6.54 Å². The van der Waals surface area contributed by atoms with E-state index in [9.17, 15) is 4.79 Å². The molecule has 128 valence electrons. The summed E-state index contributed by atoms with van der Waals surface area (Å²) in [4.78, 5) is 21.1. The molecule has 0 aromatic carbocycles. The normalized spacial score (nSPS) is 18.0. The second kappa shape index (κ2) is 6.02. The summed E-state index contributed by atoms with van der Waals surface area (Å²) < 4.78 is 5.55. The third-order valence-electron chi connectivity index (χ3n) is 4.00. The van der Waals surface area contributed by atoms with Crippen molar-refractivity contribution < 1.29 is 9.53 Å². The predicted molar refractivity (Wildman–Crippen MR) is 92.9 cm³/mol. The SMILES string of the molecule is Cc1cnc(N2CCN(C(=O)OC(C)(C)C)C(C)(C)C2)c(C)c1. The number of rotatable bonds is 1. The fourth-order valence-electron chi connectivity index (χ4n) is 3.03. The molecule has 23 heavy (non-hydrogen) atoms. The predicted octanol–water partition coefficient (Wildman–Crippen LogP) is 3.53. The van der Waals surface area contributed by atoms with Gasteiger partial charge in [-0.1, -0.05) is 6.07 Å². The number of piperazine rings is 1. The zero-order valence-corrected chi connectivity index (χ0v) is 15.4. The summed E-state index contributed by atoms with van der Waals surface area (Å²) >= 11 is 0. The molecule has 1 aliphatic rings. The van der Waals surface area contributed by atoms with E-state index in [1.807, 2.05) is 38.8 Å². The molecule has 1 aromatic rings. The van der Waals surface area contributed by atoms with E-state index in [0.717, 1.165) is 24.5 Å². The van der Waals surface area contributed by atoms with Gasteiger partial charge in [0.25, 0.3) is 0 Å². The highest BCUT2D eigenvalue weighted by molar-refractivity contribution is 5.70. The Bertz CT molecular complexity index is 590. The fraction of sp³-hybridized carbons (Fsp3) is 0.667. The maximum Gasteiger partial charge on any atom is 0.410 e. The number of pyridine rings is 1. The molecular weight excluding hydrogens is 290 g/mol. The number of carbonyl (C=O) groups excluding carboxylic acids is 1. The molecule has 2 rings (SSSR count). The first kappa shape index (κ1) is 17.6. The summed E-state index contributed by atoms with van der Waals surface area (Å²) in [5.41, 5.74) is 1.56. The number of amides is 1. The topological polar surface area (TPSA) is 45.7 Å². The average Bonchev–Trinajstić information content (AvgIpc) is 2.34. The van der Waals surface area contributed by atoms with Gasteiger partial charge in [0.2, 0.25) is 0 Å². The van der Waals surface area contributed by atoms with Gasteiger partial charge in [-0.15, -0.1) is 0 Å². The van der Waals surface area contributed by atoms with Crippen LogP contribution in [0, 0.1) is 13.8 Å². The molecule has 0 radical (unpaired) electrons. The van der Waals surface area contributed by atoms with E-state index in [-0.39, 0.29) is 11.6 Å². The highest BCUT2D eigenvalue weighted by atomic mass is 16.6. The Balaban J connectivity index is 2.15. The maximum atomic E-state index is 12.5. The molecule has 1 aromatic heterocycles. The third-order valence-corrected chi connectivity index (χ3v) is 4.00. The van der Waals surface area contributed by atoms with Crippen molar-refractivity contribution in [3.63, 3.8) is 0 Å². The Kier molecular flexibility index (Phi) is 4.60. The van der Waals surface area contributed by atoms with Crippen LogP contribution in [0.3, 0.4) is 0 Å². The quantitative estimate of drug-likeness (QED) is 0.794. The van der Waals surface area contributed by atoms with Crippen molar-refractivity contribution in [2.24, 2.45) is 0 Å². The van der Waals surface area contributed by atoms with Crippen molar-refractivity contribution in [1.29, 1.82) is 0 Å². The molecule has 1 aliphatic heterocycles. The number of nitrogens with zero attached hydrogens (tertiary/aromatic N) is 3. The van der Waals surface area contributed by atoms with Crippen LogP contribution in [-0.4, -0.2) is 46.8 Å². The Labute approximate surface area is 139 Å². The molecule has 0 unspecified atom stereocenters. The lowest BCUT2D eigenvalue weighted by Crippen LogP contribution is -2.62. The molecule has 5 nitrogen and oxygen atoms in total. The van der Waals surface area contributed by atoms with Gasteiger partial charge >= 0.3 is 6.09 Å². The number of carbonyl (C=O) groups is 1. The second-order valence-electron chi connectivity index (χ2n) is 8.02. The van der Waals surface area contributed by atoms with E-state index in [2.05, 4.69) is 36.7 Å². The van der Waals surface area contributed by atoms with E-state index in [4.69, 9.17) is 4.74 Å². The molecule has 0 bridgehead atoms. The minimum atomic E-state index is -0.473. The van der Waals surface area contributed by atoms with Crippen molar-refractivity contribution >= 4 is 11.9 Å². The molecule has 0 saturated carbocycles. The molecular formula is C18H29N3O2. The molecule has 0 atom stereocenters. The number of anilines is 1. The van der Waals surface area contributed by atoms with Crippen LogP contribution in [0.1, 0.15) is 45.7 Å². The summed E-state index contributed by atoms with van der Waals surface area (Å²) in [6.45, 7) is 16.1. The van der Waals surface area contributed by atoms with Gasteiger partial charge in [-0.25, -0.2) is 9.78 Å². The number of aromatic nitrogens is 1. The van der Waals surface area contributed by atoms with Crippen LogP contribution in [-0.2, 0) is 4.74 Å². The highest BCUT2D eigenvalue weighted by Gasteiger charge is 2.39. The Morgan fingerprint density at radius 2 is 1.91 bits per heavy atom. The van der Waals surface area contributed by atoms with E-state index in [1.54, 1.807) is 0 Å². The second-order valence-corrected chi connectivity index (χ2v) is 8.02. The lowest BCUT2D eigenvalue weighted by molar-refractivity contribution is 0.000310. The number of hydrogen-bond acceptors (Lipinski definition) is 4. The first-order valence-corrected chi connectivity index (χ1v) is 8.18. The van der Waals surface area contributed by atoms with Gasteiger partial charge in [-0.2, -0.15) is 0 Å². The number of hydrogen-bond donors (Lipinski definition) is 0. The minimum absolute atomic E-state index is 0.240. The fourth-order valence-corrected chi connectivity index (χ4v) is 3.03. The summed E-state index contributed by atoms with van der Waals surface area (Å²) in [5, 5.41) is 0. The molecule has 1 fully saturated rings. The first-order valence-electron chi connectivity index (χ1n) is 8.18. The van der Waals surface area contributed by atoms with Crippen molar-refractivity contribution in [3.8, 4) is 0 Å². The minimum Gasteiger partial charge on any atom is -0.444 e. The summed E-state index contributed by atoms with van der Waals surface area (Å²) in [5.74, 6) is 1.01. The Morgan fingerprint density at radius 1 is 1.26 bits per heavy atom. The van der Waals surface area contributed by atoms with Gasteiger partial charge in [0, 0.05) is 25.8 Å². The summed E-state index contributed by atoms with van der Waals surface area (Å²) in [7, 11) is 0. The first-order chi connectivity index (χ1) is 10.5. The van der Waals surface area contributed by atoms with Crippen molar-refractivity contribution in [3.05, 3.63) is 23.4 Å². The smallest absolute Gasteiger partial charge is 0.410 e. The van der Waals surface area contributed by atoms with E-state index < -0.39 is 5.60 Å². The van der Waals surface area contributed by atoms with Crippen LogP contribution in [0.25, 0.3) is 0 Å². The lowest BCUT2D eigenvalue weighted by atomic mass is 9.99. The van der Waals surface area contributed by atoms with Crippen molar-refractivity contribution in [2.75, 3.05) is 24.5 Å². The average molecular weight is 319 g/mol. The monoisotopic (exact) mass is 319 g/mol. The van der Waals surface area contributed by atoms with Crippen LogP contribution >= 0.6 is 0 Å². The van der Waals surface area contributed by atoms with Gasteiger partial charge in [-0.3, -0.25) is 4.90 Å². The van der Waals surface area contributed by atoms with Gasteiger partial charge in [-0.05, 0) is 59.6 Å². The summed E-state index contributed by atoms with van der Waals surface area (Å²) in [6.07, 6.45) is 1.66. The Morgan fingerprint density at radius 3 is 2.43 bits per heavy atom. The van der Waals surface area contributed by atoms with E-state index >= 15 is 0 Å². The molecule has 1 amide bonds. The van der Waals surface area contributed by atoms with Crippen LogP contribution in [0.15, 0.2) is 12.3 Å². The van der Waals surface area contributed by atoms with Gasteiger partial charge in [0.05, 0.1) is 5.54 Å².